The predicted molar refractivity (Wildman–Crippen MR) is 123 cm³/mol. The van der Waals surface area contributed by atoms with Gasteiger partial charge in [0.25, 0.3) is 0 Å². The Morgan fingerprint density at radius 2 is 1.61 bits per heavy atom. The van der Waals surface area contributed by atoms with Gasteiger partial charge in [-0.05, 0) is 12.1 Å². The zero-order valence-electron chi connectivity index (χ0n) is 17.9. The van der Waals surface area contributed by atoms with Crippen molar-refractivity contribution in [3.05, 3.63) is 58.1 Å². The lowest BCUT2D eigenvalue weighted by atomic mass is 10.1. The van der Waals surface area contributed by atoms with Gasteiger partial charge < -0.3 is 14.3 Å². The van der Waals surface area contributed by atoms with Crippen LogP contribution in [0.25, 0.3) is 0 Å². The first-order chi connectivity index (χ1) is 15.2. The summed E-state index contributed by atoms with van der Waals surface area (Å²) in [7, 11) is 0. The molecule has 2 aliphatic heterocycles. The summed E-state index contributed by atoms with van der Waals surface area (Å²) in [5.74, 6) is 3.20. The van der Waals surface area contributed by atoms with E-state index in [2.05, 4.69) is 14.7 Å². The van der Waals surface area contributed by atoms with Crippen LogP contribution in [0.1, 0.15) is 11.1 Å². The van der Waals surface area contributed by atoms with E-state index in [0.717, 1.165) is 63.1 Å². The first-order valence-electron chi connectivity index (χ1n) is 10.9. The maximum atomic E-state index is 12.3. The van der Waals surface area contributed by atoms with Crippen molar-refractivity contribution in [3.63, 3.8) is 0 Å². The Kier molecular flexibility index (Phi) is 7.91. The van der Waals surface area contributed by atoms with E-state index in [-0.39, 0.29) is 5.75 Å². The third kappa shape index (κ3) is 6.26. The molecule has 0 aliphatic carbocycles. The standard InChI is InChI=1S/C23H31N3O4S/c27-22-19(16-26-11-14-31-15-12-26)18-30-23(28)21(22)17-25-8-6-24(7-9-25)10-13-29-20-4-2-1-3-5-20/h1-5,18,27H,6-17H2. The number of rotatable bonds is 8. The van der Waals surface area contributed by atoms with E-state index >= 15 is 0 Å². The van der Waals surface area contributed by atoms with Crippen LogP contribution in [-0.4, -0.2) is 83.7 Å². The third-order valence-corrected chi connectivity index (χ3v) is 6.85. The SMILES string of the molecule is O=c1occ(CN2CCSCC2)c(O)c1CN1CCN(CCOc2ccccc2)CC1. The Hall–Kier alpha value is -2.00. The molecule has 2 aromatic rings. The smallest absolute Gasteiger partial charge is 0.343 e. The van der Waals surface area contributed by atoms with Gasteiger partial charge in [0.2, 0.25) is 0 Å². The summed E-state index contributed by atoms with van der Waals surface area (Å²) in [5.41, 5.74) is 0.650. The second kappa shape index (κ2) is 11.0. The van der Waals surface area contributed by atoms with Gasteiger partial charge in [0.1, 0.15) is 24.4 Å². The van der Waals surface area contributed by atoms with E-state index < -0.39 is 5.63 Å². The molecule has 1 aromatic heterocycles. The predicted octanol–water partition coefficient (Wildman–Crippen LogP) is 2.09. The van der Waals surface area contributed by atoms with Crippen LogP contribution >= 0.6 is 11.8 Å². The molecule has 2 saturated heterocycles. The number of nitrogens with zero attached hydrogens (tertiary/aromatic N) is 3. The van der Waals surface area contributed by atoms with Gasteiger partial charge in [0, 0.05) is 76.0 Å². The topological polar surface area (TPSA) is 69.4 Å². The lowest BCUT2D eigenvalue weighted by Gasteiger charge is -2.34. The van der Waals surface area contributed by atoms with Crippen molar-refractivity contribution in [1.29, 1.82) is 0 Å². The van der Waals surface area contributed by atoms with Crippen molar-refractivity contribution in [3.8, 4) is 11.5 Å². The number of thioether (sulfide) groups is 1. The number of hydrogen-bond donors (Lipinski definition) is 1. The van der Waals surface area contributed by atoms with Crippen molar-refractivity contribution in [1.82, 2.24) is 14.7 Å². The normalized spacial score (nSPS) is 18.8. The Labute approximate surface area is 187 Å². The highest BCUT2D eigenvalue weighted by molar-refractivity contribution is 7.99. The molecule has 0 radical (unpaired) electrons. The number of ether oxygens (including phenoxy) is 1. The number of para-hydroxylation sites is 1. The Morgan fingerprint density at radius 3 is 2.35 bits per heavy atom. The van der Waals surface area contributed by atoms with Gasteiger partial charge in [-0.25, -0.2) is 4.79 Å². The summed E-state index contributed by atoms with van der Waals surface area (Å²) in [6.45, 7) is 8.08. The third-order valence-electron chi connectivity index (χ3n) is 5.91. The lowest BCUT2D eigenvalue weighted by Crippen LogP contribution is -2.47. The highest BCUT2D eigenvalue weighted by atomic mass is 32.2. The van der Waals surface area contributed by atoms with Crippen LogP contribution in [0.5, 0.6) is 11.5 Å². The Morgan fingerprint density at radius 1 is 0.935 bits per heavy atom. The number of piperazine rings is 1. The molecule has 31 heavy (non-hydrogen) atoms. The number of aromatic hydroxyl groups is 1. The first-order valence-corrected chi connectivity index (χ1v) is 12.1. The minimum atomic E-state index is -0.436. The van der Waals surface area contributed by atoms with Crippen molar-refractivity contribution in [2.45, 2.75) is 13.1 Å². The average Bonchev–Trinajstić information content (AvgIpc) is 2.81. The zero-order chi connectivity index (χ0) is 21.5. The quantitative estimate of drug-likeness (QED) is 0.663. The second-order valence-electron chi connectivity index (χ2n) is 8.04. The summed E-state index contributed by atoms with van der Waals surface area (Å²) < 4.78 is 11.1. The summed E-state index contributed by atoms with van der Waals surface area (Å²) in [6, 6.07) is 9.86. The molecular weight excluding hydrogens is 414 g/mol. The van der Waals surface area contributed by atoms with Crippen LogP contribution in [0.3, 0.4) is 0 Å². The van der Waals surface area contributed by atoms with Crippen molar-refractivity contribution in [2.24, 2.45) is 0 Å². The summed E-state index contributed by atoms with van der Waals surface area (Å²) >= 11 is 1.95. The minimum absolute atomic E-state index is 0.105. The van der Waals surface area contributed by atoms with Gasteiger partial charge in [-0.2, -0.15) is 11.8 Å². The zero-order valence-corrected chi connectivity index (χ0v) is 18.7. The summed E-state index contributed by atoms with van der Waals surface area (Å²) in [6.07, 6.45) is 1.42. The molecule has 8 heteroatoms. The molecule has 0 atom stereocenters. The van der Waals surface area contributed by atoms with E-state index in [1.165, 1.54) is 6.26 Å². The Balaban J connectivity index is 1.26. The van der Waals surface area contributed by atoms with E-state index in [0.29, 0.717) is 30.8 Å². The van der Waals surface area contributed by atoms with Gasteiger partial charge in [-0.3, -0.25) is 14.7 Å². The summed E-state index contributed by atoms with van der Waals surface area (Å²) in [4.78, 5) is 19.2. The largest absolute Gasteiger partial charge is 0.507 e. The fourth-order valence-electron chi connectivity index (χ4n) is 4.00. The molecule has 3 heterocycles. The van der Waals surface area contributed by atoms with Crippen LogP contribution in [0.2, 0.25) is 0 Å². The molecule has 0 saturated carbocycles. The monoisotopic (exact) mass is 445 g/mol. The van der Waals surface area contributed by atoms with Crippen LogP contribution in [-0.2, 0) is 13.1 Å². The van der Waals surface area contributed by atoms with Crippen molar-refractivity contribution < 1.29 is 14.3 Å². The Bertz CT molecular complexity index is 878. The lowest BCUT2D eigenvalue weighted by molar-refractivity contribution is 0.111. The molecule has 0 amide bonds. The molecular formula is C23H31N3O4S. The maximum absolute atomic E-state index is 12.3. The molecule has 1 N–H and O–H groups in total. The van der Waals surface area contributed by atoms with Crippen LogP contribution in [0.4, 0.5) is 0 Å². The second-order valence-corrected chi connectivity index (χ2v) is 9.27. The fourth-order valence-corrected chi connectivity index (χ4v) is 4.98. The average molecular weight is 446 g/mol. The van der Waals surface area contributed by atoms with Gasteiger partial charge in [-0.15, -0.1) is 0 Å². The van der Waals surface area contributed by atoms with Gasteiger partial charge in [0.15, 0.2) is 0 Å². The molecule has 0 bridgehead atoms. The van der Waals surface area contributed by atoms with E-state index in [4.69, 9.17) is 9.15 Å². The first kappa shape index (κ1) is 22.2. The molecule has 4 rings (SSSR count). The van der Waals surface area contributed by atoms with Crippen LogP contribution < -0.4 is 10.4 Å². The van der Waals surface area contributed by atoms with E-state index in [1.54, 1.807) is 0 Å². The molecule has 0 unspecified atom stereocenters. The summed E-state index contributed by atoms with van der Waals surface area (Å²) in [5, 5.41) is 10.8. The maximum Gasteiger partial charge on any atom is 0.343 e. The van der Waals surface area contributed by atoms with Crippen LogP contribution in [0.15, 0.2) is 45.8 Å². The van der Waals surface area contributed by atoms with E-state index in [9.17, 15) is 9.90 Å². The molecule has 2 aliphatic rings. The molecule has 7 nitrogen and oxygen atoms in total. The number of benzene rings is 1. The fraction of sp³-hybridized carbons (Fsp3) is 0.522. The minimum Gasteiger partial charge on any atom is -0.507 e. The molecule has 1 aromatic carbocycles. The molecule has 168 valence electrons. The van der Waals surface area contributed by atoms with Gasteiger partial charge in [0.05, 0.1) is 5.56 Å². The van der Waals surface area contributed by atoms with Crippen LogP contribution in [0, 0.1) is 0 Å². The van der Waals surface area contributed by atoms with Gasteiger partial charge in [-0.1, -0.05) is 18.2 Å². The molecule has 2 fully saturated rings. The van der Waals surface area contributed by atoms with Gasteiger partial charge >= 0.3 is 5.63 Å². The molecule has 0 spiro atoms. The van der Waals surface area contributed by atoms with Crippen molar-refractivity contribution >= 4 is 11.8 Å². The van der Waals surface area contributed by atoms with E-state index in [1.807, 2.05) is 42.1 Å². The highest BCUT2D eigenvalue weighted by Gasteiger charge is 2.22. The number of hydrogen-bond acceptors (Lipinski definition) is 8. The van der Waals surface area contributed by atoms with Crippen molar-refractivity contribution in [2.75, 3.05) is 63.9 Å². The highest BCUT2D eigenvalue weighted by Crippen LogP contribution is 2.24.